The number of carbonyl (C=O) groups is 4. The molecule has 2 aliphatic heterocycles. The van der Waals surface area contributed by atoms with E-state index in [1.807, 2.05) is 0 Å². The van der Waals surface area contributed by atoms with Crippen molar-refractivity contribution in [3.63, 3.8) is 0 Å². The first-order valence-electron chi connectivity index (χ1n) is 13.2. The third kappa shape index (κ3) is 7.75. The van der Waals surface area contributed by atoms with Gasteiger partial charge in [0.1, 0.15) is 12.1 Å². The molecule has 3 rings (SSSR count). The lowest BCUT2D eigenvalue weighted by atomic mass is 9.85. The molecule has 1 saturated carbocycles. The van der Waals surface area contributed by atoms with E-state index in [1.165, 1.54) is 20.8 Å². The van der Waals surface area contributed by atoms with Crippen LogP contribution in [-0.2, 0) is 29.0 Å². The fraction of sp³-hybridized carbons (Fsp3) is 0.760. The molecule has 0 radical (unpaired) electrons. The third-order valence-corrected chi connectivity index (χ3v) is 8.63. The van der Waals surface area contributed by atoms with Crippen LogP contribution >= 0.6 is 0 Å². The van der Waals surface area contributed by atoms with Gasteiger partial charge in [0.2, 0.25) is 38.6 Å². The highest BCUT2D eigenvalue weighted by molar-refractivity contribution is 7.94. The van der Waals surface area contributed by atoms with Gasteiger partial charge in [0.25, 0.3) is 0 Å². The zero-order valence-electron chi connectivity index (χ0n) is 23.4. The molecule has 3 aliphatic rings. The Labute approximate surface area is 238 Å². The standard InChI is InChI=1S/C25H34F6N4O6S/c1-23(2,3)18(34-22(39)25(29,30)31)21(38)35-11-13-9-24(27,28)10-15(13)17(35)20(37)33-14(8-16(26)42(4,40)41)7-12-5-6-32-19(12)36/h8,12-15,17-18H,5-7,9-11H2,1-4H3,(H,32,36)(H,33,37)(H,34,39)/b16-8-/t12-,13-,14+,15-,17-,18+/m0/s1. The van der Waals surface area contributed by atoms with E-state index < -0.39 is 111 Å². The molecule has 238 valence electrons. The molecule has 3 N–H and O–H groups in total. The third-order valence-electron chi connectivity index (χ3n) is 7.79. The normalized spacial score (nSPS) is 27.7. The van der Waals surface area contributed by atoms with Crippen LogP contribution < -0.4 is 16.0 Å². The molecular weight excluding hydrogens is 598 g/mol. The summed E-state index contributed by atoms with van der Waals surface area (Å²) < 4.78 is 106. The summed E-state index contributed by atoms with van der Waals surface area (Å²) in [5.74, 6) is -11.0. The number of likely N-dealkylation sites (tertiary alicyclic amines) is 1. The lowest BCUT2D eigenvalue weighted by Gasteiger charge is -2.37. The number of alkyl halides is 5. The number of sulfone groups is 1. The summed E-state index contributed by atoms with van der Waals surface area (Å²) in [5.41, 5.74) is -1.31. The van der Waals surface area contributed by atoms with Gasteiger partial charge in [0.05, 0.1) is 6.04 Å². The van der Waals surface area contributed by atoms with Crippen LogP contribution in [-0.4, -0.2) is 86.5 Å². The maximum atomic E-state index is 14.5. The van der Waals surface area contributed by atoms with E-state index in [1.54, 1.807) is 5.32 Å². The monoisotopic (exact) mass is 632 g/mol. The number of nitrogens with zero attached hydrogens (tertiary/aromatic N) is 1. The molecule has 0 aromatic carbocycles. The van der Waals surface area contributed by atoms with Crippen molar-refractivity contribution in [2.45, 2.75) is 76.7 Å². The molecule has 0 unspecified atom stereocenters. The Kier molecular flexibility index (Phi) is 9.36. The molecule has 0 aromatic rings. The van der Waals surface area contributed by atoms with Crippen molar-refractivity contribution in [3.05, 3.63) is 11.2 Å². The number of halogens is 6. The van der Waals surface area contributed by atoms with E-state index in [9.17, 15) is 53.9 Å². The SMILES string of the molecule is CC(C)(C)[C@H](NC(=O)C(F)(F)F)C(=O)N1C[C@@H]2CC(F)(F)C[C@@H]2[C@H]1C(=O)N[C@@H](/C=C(/F)S(C)(=O)=O)C[C@@H]1CCNC1=O. The summed E-state index contributed by atoms with van der Waals surface area (Å²) >= 11 is 0. The van der Waals surface area contributed by atoms with Gasteiger partial charge in [-0.05, 0) is 36.2 Å². The highest BCUT2D eigenvalue weighted by Gasteiger charge is 2.59. The first kappa shape index (κ1) is 33.6. The second-order valence-electron chi connectivity index (χ2n) is 12.3. The number of fused-ring (bicyclic) bond motifs is 1. The van der Waals surface area contributed by atoms with Crippen LogP contribution in [0.2, 0.25) is 0 Å². The second kappa shape index (κ2) is 11.7. The van der Waals surface area contributed by atoms with E-state index in [0.717, 1.165) is 4.90 Å². The van der Waals surface area contributed by atoms with Crippen molar-refractivity contribution in [2.24, 2.45) is 23.2 Å². The Morgan fingerprint density at radius 2 is 1.76 bits per heavy atom. The number of rotatable bonds is 8. The molecule has 0 bridgehead atoms. The molecule has 2 heterocycles. The van der Waals surface area contributed by atoms with Gasteiger partial charge in [-0.3, -0.25) is 19.2 Å². The van der Waals surface area contributed by atoms with Crippen LogP contribution in [0.25, 0.3) is 0 Å². The summed E-state index contributed by atoms with van der Waals surface area (Å²) in [5, 5.41) is 4.95. The topological polar surface area (TPSA) is 142 Å². The maximum absolute atomic E-state index is 14.5. The maximum Gasteiger partial charge on any atom is 0.471 e. The Hall–Kier alpha value is -2.85. The number of nitrogens with one attached hydrogen (secondary N) is 3. The predicted octanol–water partition coefficient (Wildman–Crippen LogP) is 1.82. The van der Waals surface area contributed by atoms with E-state index in [0.29, 0.717) is 12.3 Å². The zero-order chi connectivity index (χ0) is 32.0. The quantitative estimate of drug-likeness (QED) is 0.349. The predicted molar refractivity (Wildman–Crippen MR) is 136 cm³/mol. The van der Waals surface area contributed by atoms with Gasteiger partial charge in [-0.25, -0.2) is 17.2 Å². The second-order valence-corrected chi connectivity index (χ2v) is 14.2. The fourth-order valence-corrected chi connectivity index (χ4v) is 6.19. The molecule has 1 aliphatic carbocycles. The van der Waals surface area contributed by atoms with Crippen LogP contribution in [0.4, 0.5) is 26.3 Å². The van der Waals surface area contributed by atoms with Crippen LogP contribution in [0.5, 0.6) is 0 Å². The minimum absolute atomic E-state index is 0.252. The van der Waals surface area contributed by atoms with Gasteiger partial charge < -0.3 is 20.9 Å². The van der Waals surface area contributed by atoms with Gasteiger partial charge in [-0.15, -0.1) is 0 Å². The number of amides is 4. The van der Waals surface area contributed by atoms with Crippen molar-refractivity contribution in [1.29, 1.82) is 0 Å². The van der Waals surface area contributed by atoms with Gasteiger partial charge in [-0.2, -0.15) is 17.6 Å². The molecule has 3 fully saturated rings. The summed E-state index contributed by atoms with van der Waals surface area (Å²) in [7, 11) is -4.36. The highest BCUT2D eigenvalue weighted by atomic mass is 32.2. The Bertz CT molecular complexity index is 1250. The summed E-state index contributed by atoms with van der Waals surface area (Å²) in [6.45, 7) is 3.97. The number of hydrogen-bond acceptors (Lipinski definition) is 6. The van der Waals surface area contributed by atoms with Gasteiger partial charge in [0, 0.05) is 38.1 Å². The average molecular weight is 633 g/mol. The van der Waals surface area contributed by atoms with Crippen LogP contribution in [0, 0.1) is 23.2 Å². The zero-order valence-corrected chi connectivity index (χ0v) is 24.2. The molecule has 2 saturated heterocycles. The Morgan fingerprint density at radius 1 is 1.14 bits per heavy atom. The molecule has 10 nitrogen and oxygen atoms in total. The highest BCUT2D eigenvalue weighted by Crippen LogP contribution is 2.50. The lowest BCUT2D eigenvalue weighted by Crippen LogP contribution is -2.60. The minimum Gasteiger partial charge on any atom is -0.356 e. The van der Waals surface area contributed by atoms with E-state index in [4.69, 9.17) is 0 Å². The van der Waals surface area contributed by atoms with Crippen molar-refractivity contribution in [1.82, 2.24) is 20.9 Å². The van der Waals surface area contributed by atoms with E-state index >= 15 is 0 Å². The first-order chi connectivity index (χ1) is 19.0. The van der Waals surface area contributed by atoms with Crippen molar-refractivity contribution in [3.8, 4) is 0 Å². The van der Waals surface area contributed by atoms with E-state index in [-0.39, 0.29) is 19.4 Å². The van der Waals surface area contributed by atoms with Crippen molar-refractivity contribution >= 4 is 33.5 Å². The van der Waals surface area contributed by atoms with Gasteiger partial charge in [0.15, 0.2) is 0 Å². The van der Waals surface area contributed by atoms with Gasteiger partial charge >= 0.3 is 12.1 Å². The molecule has 0 spiro atoms. The van der Waals surface area contributed by atoms with Crippen molar-refractivity contribution < 1.29 is 53.9 Å². The van der Waals surface area contributed by atoms with E-state index in [2.05, 4.69) is 10.6 Å². The summed E-state index contributed by atoms with van der Waals surface area (Å²) in [6.07, 6.45) is -5.67. The largest absolute Gasteiger partial charge is 0.471 e. The van der Waals surface area contributed by atoms with Crippen LogP contribution in [0.1, 0.15) is 46.5 Å². The summed E-state index contributed by atoms with van der Waals surface area (Å²) in [4.78, 5) is 52.0. The van der Waals surface area contributed by atoms with Crippen LogP contribution in [0.15, 0.2) is 11.2 Å². The molecular formula is C25H34F6N4O6S. The molecule has 0 aromatic heterocycles. The molecule has 4 amide bonds. The average Bonchev–Trinajstić information content (AvgIpc) is 3.45. The molecule has 17 heteroatoms. The molecule has 42 heavy (non-hydrogen) atoms. The van der Waals surface area contributed by atoms with Crippen molar-refractivity contribution in [2.75, 3.05) is 19.3 Å². The Morgan fingerprint density at radius 3 is 2.26 bits per heavy atom. The first-order valence-corrected chi connectivity index (χ1v) is 15.1. The van der Waals surface area contributed by atoms with Crippen LogP contribution in [0.3, 0.4) is 0 Å². The Balaban J connectivity index is 1.97. The number of carbonyl (C=O) groups excluding carboxylic acids is 4. The minimum atomic E-state index is -5.33. The van der Waals surface area contributed by atoms with Gasteiger partial charge in [-0.1, -0.05) is 20.8 Å². The lowest BCUT2D eigenvalue weighted by molar-refractivity contribution is -0.176. The molecule has 6 atom stereocenters. The summed E-state index contributed by atoms with van der Waals surface area (Å²) in [6, 6.07) is -4.87. The smallest absolute Gasteiger partial charge is 0.356 e. The number of hydrogen-bond donors (Lipinski definition) is 3. The fourth-order valence-electron chi connectivity index (χ4n) is 5.78.